The van der Waals surface area contributed by atoms with E-state index < -0.39 is 0 Å². The second-order valence-electron chi connectivity index (χ2n) is 6.35. The number of nitrogens with zero attached hydrogens (tertiary/aromatic N) is 1. The van der Waals surface area contributed by atoms with Gasteiger partial charge in [0.2, 0.25) is 5.91 Å². The quantitative estimate of drug-likeness (QED) is 0.898. The van der Waals surface area contributed by atoms with E-state index in [1.807, 2.05) is 6.92 Å². The minimum atomic E-state index is -0.0189. The highest BCUT2D eigenvalue weighted by atomic mass is 16.1. The van der Waals surface area contributed by atoms with Gasteiger partial charge in [0.05, 0.1) is 0 Å². The van der Waals surface area contributed by atoms with Crippen LogP contribution in [0.4, 0.5) is 11.4 Å². The number of anilines is 2. The molecule has 4 heteroatoms. The lowest BCUT2D eigenvalue weighted by Gasteiger charge is -2.33. The molecule has 3 rings (SSSR count). The molecule has 2 atom stereocenters. The summed E-state index contributed by atoms with van der Waals surface area (Å²) in [5.74, 6) is -0.0189. The standard InChI is InChI=1S/C17H25N3O/c1-12-6-7-14(11-16(12)18-13(2)21)19-15-8-10-20-9-4-3-5-17(15)20/h6-7,11,15,17,19H,3-5,8-10H2,1-2H3,(H,18,21). The lowest BCUT2D eigenvalue weighted by Crippen LogP contribution is -2.41. The molecule has 1 amide bonds. The Bertz CT molecular complexity index is 529. The van der Waals surface area contributed by atoms with Gasteiger partial charge in [-0.1, -0.05) is 12.5 Å². The molecule has 21 heavy (non-hydrogen) atoms. The van der Waals surface area contributed by atoms with E-state index in [1.54, 1.807) is 6.92 Å². The number of amides is 1. The zero-order valence-electron chi connectivity index (χ0n) is 13.0. The Hall–Kier alpha value is -1.55. The molecule has 2 unspecified atom stereocenters. The van der Waals surface area contributed by atoms with E-state index in [9.17, 15) is 4.79 Å². The second kappa shape index (κ2) is 6.06. The number of nitrogens with one attached hydrogen (secondary N) is 2. The number of carbonyl (C=O) groups excluding carboxylic acids is 1. The normalized spacial score (nSPS) is 25.4. The monoisotopic (exact) mass is 287 g/mol. The van der Waals surface area contributed by atoms with Crippen molar-refractivity contribution >= 4 is 17.3 Å². The van der Waals surface area contributed by atoms with Gasteiger partial charge in [0, 0.05) is 36.9 Å². The van der Waals surface area contributed by atoms with Crippen molar-refractivity contribution in [2.24, 2.45) is 0 Å². The number of fused-ring (bicyclic) bond motifs is 1. The van der Waals surface area contributed by atoms with Crippen LogP contribution >= 0.6 is 0 Å². The van der Waals surface area contributed by atoms with Crippen LogP contribution in [0.5, 0.6) is 0 Å². The summed E-state index contributed by atoms with van der Waals surface area (Å²) in [5, 5.41) is 6.59. The number of carbonyl (C=O) groups is 1. The van der Waals surface area contributed by atoms with Gasteiger partial charge >= 0.3 is 0 Å². The summed E-state index contributed by atoms with van der Waals surface area (Å²) in [6, 6.07) is 7.47. The first-order chi connectivity index (χ1) is 10.1. The van der Waals surface area contributed by atoms with Gasteiger partial charge in [0.1, 0.15) is 0 Å². The highest BCUT2D eigenvalue weighted by Crippen LogP contribution is 2.30. The van der Waals surface area contributed by atoms with Gasteiger partial charge in [-0.2, -0.15) is 0 Å². The molecule has 0 saturated carbocycles. The lowest BCUT2D eigenvalue weighted by molar-refractivity contribution is -0.114. The molecule has 2 aliphatic heterocycles. The van der Waals surface area contributed by atoms with Crippen molar-refractivity contribution in [2.45, 2.75) is 51.6 Å². The fourth-order valence-electron chi connectivity index (χ4n) is 3.67. The molecule has 2 aliphatic rings. The number of benzene rings is 1. The Kier molecular flexibility index (Phi) is 4.15. The van der Waals surface area contributed by atoms with Crippen LogP contribution < -0.4 is 10.6 Å². The van der Waals surface area contributed by atoms with Crippen LogP contribution in [0.2, 0.25) is 0 Å². The van der Waals surface area contributed by atoms with Crippen molar-refractivity contribution in [1.29, 1.82) is 0 Å². The topological polar surface area (TPSA) is 44.4 Å². The van der Waals surface area contributed by atoms with E-state index in [1.165, 1.54) is 38.8 Å². The first-order valence-corrected chi connectivity index (χ1v) is 8.02. The third-order valence-corrected chi connectivity index (χ3v) is 4.76. The van der Waals surface area contributed by atoms with Crippen molar-refractivity contribution in [1.82, 2.24) is 4.90 Å². The van der Waals surface area contributed by atoms with E-state index >= 15 is 0 Å². The van der Waals surface area contributed by atoms with Gasteiger partial charge in [-0.15, -0.1) is 0 Å². The van der Waals surface area contributed by atoms with Gasteiger partial charge in [-0.3, -0.25) is 9.69 Å². The summed E-state index contributed by atoms with van der Waals surface area (Å²) in [6.07, 6.45) is 5.22. The van der Waals surface area contributed by atoms with Gasteiger partial charge < -0.3 is 10.6 Å². The molecule has 2 N–H and O–H groups in total. The predicted octanol–water partition coefficient (Wildman–Crippen LogP) is 2.99. The van der Waals surface area contributed by atoms with Crippen LogP contribution in [-0.4, -0.2) is 36.0 Å². The number of piperidine rings is 1. The third-order valence-electron chi connectivity index (χ3n) is 4.76. The highest BCUT2D eigenvalue weighted by molar-refractivity contribution is 5.90. The van der Waals surface area contributed by atoms with Crippen LogP contribution in [-0.2, 0) is 4.79 Å². The average molecular weight is 287 g/mol. The molecule has 4 nitrogen and oxygen atoms in total. The molecule has 2 saturated heterocycles. The molecule has 0 bridgehead atoms. The maximum Gasteiger partial charge on any atom is 0.221 e. The van der Waals surface area contributed by atoms with Crippen LogP contribution in [0, 0.1) is 6.92 Å². The Balaban J connectivity index is 1.71. The maximum atomic E-state index is 11.3. The summed E-state index contributed by atoms with van der Waals surface area (Å²) in [5.41, 5.74) is 3.12. The van der Waals surface area contributed by atoms with Crippen LogP contribution in [0.1, 0.15) is 38.2 Å². The van der Waals surface area contributed by atoms with E-state index in [-0.39, 0.29) is 5.91 Å². The summed E-state index contributed by atoms with van der Waals surface area (Å²) in [6.45, 7) is 6.05. The van der Waals surface area contributed by atoms with Crippen molar-refractivity contribution in [2.75, 3.05) is 23.7 Å². The second-order valence-corrected chi connectivity index (χ2v) is 6.35. The summed E-state index contributed by atoms with van der Waals surface area (Å²) < 4.78 is 0. The fraction of sp³-hybridized carbons (Fsp3) is 0.588. The average Bonchev–Trinajstić information content (AvgIpc) is 2.85. The third kappa shape index (κ3) is 3.21. The van der Waals surface area contributed by atoms with Gasteiger partial charge in [-0.25, -0.2) is 0 Å². The smallest absolute Gasteiger partial charge is 0.221 e. The molecule has 0 aromatic heterocycles. The molecule has 0 radical (unpaired) electrons. The van der Waals surface area contributed by atoms with Crippen molar-refractivity contribution in [3.05, 3.63) is 23.8 Å². The van der Waals surface area contributed by atoms with Crippen molar-refractivity contribution in [3.8, 4) is 0 Å². The number of aryl methyl sites for hydroxylation is 1. The molecule has 0 spiro atoms. The first-order valence-electron chi connectivity index (χ1n) is 8.02. The molecule has 1 aromatic rings. The molecule has 2 heterocycles. The van der Waals surface area contributed by atoms with Crippen LogP contribution in [0.25, 0.3) is 0 Å². The molecule has 0 aliphatic carbocycles. The Morgan fingerprint density at radius 2 is 2.10 bits per heavy atom. The van der Waals surface area contributed by atoms with E-state index in [4.69, 9.17) is 0 Å². The number of hydrogen-bond acceptors (Lipinski definition) is 3. The zero-order valence-corrected chi connectivity index (χ0v) is 13.0. The van der Waals surface area contributed by atoms with Gasteiger partial charge in [-0.05, 0) is 50.4 Å². The number of rotatable bonds is 3. The zero-order chi connectivity index (χ0) is 14.8. The largest absolute Gasteiger partial charge is 0.381 e. The van der Waals surface area contributed by atoms with E-state index in [0.717, 1.165) is 16.9 Å². The summed E-state index contributed by atoms with van der Waals surface area (Å²) in [4.78, 5) is 13.9. The van der Waals surface area contributed by atoms with Crippen LogP contribution in [0.3, 0.4) is 0 Å². The van der Waals surface area contributed by atoms with Crippen LogP contribution in [0.15, 0.2) is 18.2 Å². The SMILES string of the molecule is CC(=O)Nc1cc(NC2CCN3CCCCC23)ccc1C. The molecule has 1 aromatic carbocycles. The van der Waals surface area contributed by atoms with E-state index in [2.05, 4.69) is 33.7 Å². The molecule has 2 fully saturated rings. The summed E-state index contributed by atoms with van der Waals surface area (Å²) in [7, 11) is 0. The van der Waals surface area contributed by atoms with E-state index in [0.29, 0.717) is 12.1 Å². The van der Waals surface area contributed by atoms with Gasteiger partial charge in [0.15, 0.2) is 0 Å². The predicted molar refractivity (Wildman–Crippen MR) is 86.7 cm³/mol. The highest BCUT2D eigenvalue weighted by Gasteiger charge is 2.35. The molecule has 114 valence electrons. The van der Waals surface area contributed by atoms with Crippen molar-refractivity contribution in [3.63, 3.8) is 0 Å². The maximum absolute atomic E-state index is 11.3. The fourth-order valence-corrected chi connectivity index (χ4v) is 3.67. The Morgan fingerprint density at radius 1 is 1.24 bits per heavy atom. The lowest BCUT2D eigenvalue weighted by atomic mass is 9.98. The minimum absolute atomic E-state index is 0.0189. The molecular weight excluding hydrogens is 262 g/mol. The summed E-state index contributed by atoms with van der Waals surface area (Å²) >= 11 is 0. The minimum Gasteiger partial charge on any atom is -0.381 e. The number of hydrogen-bond donors (Lipinski definition) is 2. The van der Waals surface area contributed by atoms with Gasteiger partial charge in [0.25, 0.3) is 0 Å². The Labute approximate surface area is 126 Å². The Morgan fingerprint density at radius 3 is 2.90 bits per heavy atom. The van der Waals surface area contributed by atoms with Crippen molar-refractivity contribution < 1.29 is 4.79 Å². The first kappa shape index (κ1) is 14.4. The molecular formula is C17H25N3O.